The zero-order valence-corrected chi connectivity index (χ0v) is 10.8. The first-order valence-corrected chi connectivity index (χ1v) is 6.53. The Morgan fingerprint density at radius 2 is 1.76 bits per heavy atom. The third-order valence-electron chi connectivity index (χ3n) is 3.45. The van der Waals surface area contributed by atoms with Crippen LogP contribution in [0, 0.1) is 5.92 Å². The van der Waals surface area contributed by atoms with Gasteiger partial charge in [0.15, 0.2) is 0 Å². The van der Waals surface area contributed by atoms with E-state index in [9.17, 15) is 9.90 Å². The van der Waals surface area contributed by atoms with E-state index in [1.807, 2.05) is 0 Å². The van der Waals surface area contributed by atoms with Crippen LogP contribution in [0.1, 0.15) is 37.2 Å². The average molecular weight is 273 g/mol. The van der Waals surface area contributed by atoms with E-state index in [1.54, 1.807) is 18.2 Å². The molecule has 2 atom stereocenters. The van der Waals surface area contributed by atoms with Crippen LogP contribution in [0.5, 0.6) is 0 Å². The van der Waals surface area contributed by atoms with E-state index in [0.29, 0.717) is 16.5 Å². The second-order valence-electron chi connectivity index (χ2n) is 4.47. The van der Waals surface area contributed by atoms with Crippen molar-refractivity contribution in [3.8, 4) is 0 Å². The predicted molar refractivity (Wildman–Crippen MR) is 68.8 cm³/mol. The molecule has 0 spiro atoms. The van der Waals surface area contributed by atoms with Gasteiger partial charge in [-0.05, 0) is 30.5 Å². The summed E-state index contributed by atoms with van der Waals surface area (Å²) >= 11 is 12.3. The molecule has 0 aliphatic heterocycles. The fourth-order valence-corrected chi connectivity index (χ4v) is 3.31. The van der Waals surface area contributed by atoms with E-state index in [-0.39, 0.29) is 11.8 Å². The number of carboxylic acids is 1. The highest BCUT2D eigenvalue weighted by molar-refractivity contribution is 6.36. The molecule has 2 nitrogen and oxygen atoms in total. The Labute approximate surface area is 111 Å². The third-order valence-corrected chi connectivity index (χ3v) is 4.11. The number of hydrogen-bond donors (Lipinski definition) is 1. The molecule has 92 valence electrons. The SMILES string of the molecule is O=C(O)C1CCCCC1c1c(Cl)cccc1Cl. The Morgan fingerprint density at radius 3 is 2.35 bits per heavy atom. The number of hydrogen-bond acceptors (Lipinski definition) is 1. The zero-order valence-electron chi connectivity index (χ0n) is 9.33. The topological polar surface area (TPSA) is 37.3 Å². The number of rotatable bonds is 2. The van der Waals surface area contributed by atoms with Gasteiger partial charge in [-0.2, -0.15) is 0 Å². The Bertz CT molecular complexity index is 411. The molecule has 2 unspecified atom stereocenters. The van der Waals surface area contributed by atoms with Gasteiger partial charge in [0.2, 0.25) is 0 Å². The fourth-order valence-electron chi connectivity index (χ4n) is 2.64. The van der Waals surface area contributed by atoms with E-state index >= 15 is 0 Å². The maximum atomic E-state index is 11.3. The van der Waals surface area contributed by atoms with Crippen molar-refractivity contribution < 1.29 is 9.90 Å². The van der Waals surface area contributed by atoms with E-state index in [1.165, 1.54) is 0 Å². The van der Waals surface area contributed by atoms with E-state index < -0.39 is 5.97 Å². The van der Waals surface area contributed by atoms with Crippen LogP contribution in [0.3, 0.4) is 0 Å². The van der Waals surface area contributed by atoms with Gasteiger partial charge in [-0.25, -0.2) is 0 Å². The van der Waals surface area contributed by atoms with Crippen molar-refractivity contribution in [2.24, 2.45) is 5.92 Å². The highest BCUT2D eigenvalue weighted by Crippen LogP contribution is 2.43. The predicted octanol–water partition coefficient (Wildman–Crippen LogP) is 4.35. The number of carbonyl (C=O) groups is 1. The fraction of sp³-hybridized carbons (Fsp3) is 0.462. The summed E-state index contributed by atoms with van der Waals surface area (Å²) in [5, 5.41) is 10.4. The summed E-state index contributed by atoms with van der Waals surface area (Å²) in [6.45, 7) is 0. The smallest absolute Gasteiger partial charge is 0.307 e. The molecule has 0 heterocycles. The molecule has 17 heavy (non-hydrogen) atoms. The Morgan fingerprint density at radius 1 is 1.18 bits per heavy atom. The van der Waals surface area contributed by atoms with Crippen molar-refractivity contribution in [3.63, 3.8) is 0 Å². The Balaban J connectivity index is 2.39. The summed E-state index contributed by atoms with van der Waals surface area (Å²) in [4.78, 5) is 11.3. The van der Waals surface area contributed by atoms with E-state index in [2.05, 4.69) is 0 Å². The van der Waals surface area contributed by atoms with Crippen molar-refractivity contribution in [2.75, 3.05) is 0 Å². The molecular weight excluding hydrogens is 259 g/mol. The number of carboxylic acid groups (broad SMARTS) is 1. The highest BCUT2D eigenvalue weighted by atomic mass is 35.5. The quantitative estimate of drug-likeness (QED) is 0.869. The molecule has 0 saturated heterocycles. The molecule has 0 bridgehead atoms. The van der Waals surface area contributed by atoms with E-state index in [0.717, 1.165) is 24.8 Å². The van der Waals surface area contributed by atoms with Gasteiger partial charge in [-0.15, -0.1) is 0 Å². The molecule has 2 rings (SSSR count). The molecule has 1 aromatic rings. The van der Waals surface area contributed by atoms with Gasteiger partial charge in [0.05, 0.1) is 5.92 Å². The lowest BCUT2D eigenvalue weighted by molar-refractivity contribution is -0.143. The monoisotopic (exact) mass is 272 g/mol. The molecular formula is C13H14Cl2O2. The molecule has 0 radical (unpaired) electrons. The molecule has 1 aliphatic rings. The van der Waals surface area contributed by atoms with Crippen molar-refractivity contribution in [1.82, 2.24) is 0 Å². The van der Waals surface area contributed by atoms with Gasteiger partial charge in [-0.1, -0.05) is 42.1 Å². The second-order valence-corrected chi connectivity index (χ2v) is 5.29. The van der Waals surface area contributed by atoms with Crippen LogP contribution in [-0.2, 0) is 4.79 Å². The molecule has 4 heteroatoms. The first-order chi connectivity index (χ1) is 8.11. The zero-order chi connectivity index (χ0) is 12.4. The normalized spacial score (nSPS) is 24.6. The Kier molecular flexibility index (Phi) is 3.95. The summed E-state index contributed by atoms with van der Waals surface area (Å²) in [6, 6.07) is 5.33. The van der Waals surface area contributed by atoms with Crippen LogP contribution >= 0.6 is 23.2 Å². The van der Waals surface area contributed by atoms with Crippen LogP contribution in [0.2, 0.25) is 10.0 Å². The molecule has 1 N–H and O–H groups in total. The van der Waals surface area contributed by atoms with Gasteiger partial charge in [0, 0.05) is 16.0 Å². The lowest BCUT2D eigenvalue weighted by Gasteiger charge is -2.30. The molecule has 0 aromatic heterocycles. The summed E-state index contributed by atoms with van der Waals surface area (Å²) in [7, 11) is 0. The number of aliphatic carboxylic acids is 1. The van der Waals surface area contributed by atoms with Crippen LogP contribution in [0.4, 0.5) is 0 Å². The minimum Gasteiger partial charge on any atom is -0.481 e. The van der Waals surface area contributed by atoms with Crippen molar-refractivity contribution in [3.05, 3.63) is 33.8 Å². The lowest BCUT2D eigenvalue weighted by atomic mass is 9.75. The second kappa shape index (κ2) is 5.28. The van der Waals surface area contributed by atoms with Gasteiger partial charge in [0.25, 0.3) is 0 Å². The first kappa shape index (κ1) is 12.7. The average Bonchev–Trinajstić information content (AvgIpc) is 2.29. The summed E-state index contributed by atoms with van der Waals surface area (Å²) < 4.78 is 0. The first-order valence-electron chi connectivity index (χ1n) is 5.78. The van der Waals surface area contributed by atoms with Gasteiger partial charge in [-0.3, -0.25) is 4.79 Å². The van der Waals surface area contributed by atoms with Gasteiger partial charge < -0.3 is 5.11 Å². The largest absolute Gasteiger partial charge is 0.481 e. The minimum atomic E-state index is -0.745. The maximum absolute atomic E-state index is 11.3. The molecule has 1 fully saturated rings. The molecule has 0 amide bonds. The van der Waals surface area contributed by atoms with Crippen molar-refractivity contribution in [2.45, 2.75) is 31.6 Å². The van der Waals surface area contributed by atoms with Crippen LogP contribution in [-0.4, -0.2) is 11.1 Å². The summed E-state index contributed by atoms with van der Waals surface area (Å²) in [5.41, 5.74) is 0.808. The van der Waals surface area contributed by atoms with Gasteiger partial charge in [0.1, 0.15) is 0 Å². The highest BCUT2D eigenvalue weighted by Gasteiger charge is 2.34. The summed E-state index contributed by atoms with van der Waals surface area (Å²) in [5.74, 6) is -1.16. The number of halogens is 2. The van der Waals surface area contributed by atoms with Crippen molar-refractivity contribution >= 4 is 29.2 Å². The van der Waals surface area contributed by atoms with Crippen LogP contribution in [0.15, 0.2) is 18.2 Å². The van der Waals surface area contributed by atoms with Crippen molar-refractivity contribution in [1.29, 1.82) is 0 Å². The van der Waals surface area contributed by atoms with Crippen LogP contribution < -0.4 is 0 Å². The maximum Gasteiger partial charge on any atom is 0.307 e. The van der Waals surface area contributed by atoms with Crippen LogP contribution in [0.25, 0.3) is 0 Å². The standard InChI is InChI=1S/C13H14Cl2O2/c14-10-6-3-7-11(15)12(10)8-4-1-2-5-9(8)13(16)17/h3,6-9H,1-2,4-5H2,(H,16,17). The molecule has 1 saturated carbocycles. The number of benzene rings is 1. The summed E-state index contributed by atoms with van der Waals surface area (Å²) in [6.07, 6.45) is 3.56. The Hall–Kier alpha value is -0.730. The van der Waals surface area contributed by atoms with E-state index in [4.69, 9.17) is 23.2 Å². The molecule has 1 aromatic carbocycles. The minimum absolute atomic E-state index is 0.0533. The lowest BCUT2D eigenvalue weighted by Crippen LogP contribution is -2.25. The molecule has 1 aliphatic carbocycles. The third kappa shape index (κ3) is 2.58. The van der Waals surface area contributed by atoms with Gasteiger partial charge >= 0.3 is 5.97 Å².